The van der Waals surface area contributed by atoms with Crippen molar-refractivity contribution in [3.63, 3.8) is 0 Å². The van der Waals surface area contributed by atoms with Gasteiger partial charge in [-0.3, -0.25) is 10.1 Å². The number of aryl methyl sites for hydroxylation is 1. The number of halogens is 1. The number of rotatable bonds is 5. The largest absolute Gasteiger partial charge is 0.462 e. The molecule has 110 valence electrons. The van der Waals surface area contributed by atoms with Crippen LogP contribution in [0.5, 0.6) is 0 Å². The molecular formula is C14H12FNO4S. The molecule has 7 heteroatoms. The molecule has 1 aromatic heterocycles. The van der Waals surface area contributed by atoms with Crippen LogP contribution in [0.1, 0.15) is 20.8 Å². The first-order valence-electron chi connectivity index (χ1n) is 6.13. The topological polar surface area (TPSA) is 69.4 Å². The number of non-ortho nitro benzene ring substituents is 1. The number of benzene rings is 1. The first-order valence-corrected chi connectivity index (χ1v) is 7.01. The third-order valence-electron chi connectivity index (χ3n) is 2.83. The summed E-state index contributed by atoms with van der Waals surface area (Å²) in [5, 5.41) is 12.6. The molecule has 0 fully saturated rings. The summed E-state index contributed by atoms with van der Waals surface area (Å²) >= 11 is 1.53. The second-order valence-electron chi connectivity index (χ2n) is 4.35. The van der Waals surface area contributed by atoms with E-state index in [4.69, 9.17) is 4.74 Å². The predicted octanol–water partition coefficient (Wildman–Crippen LogP) is 3.50. The van der Waals surface area contributed by atoms with E-state index in [9.17, 15) is 19.3 Å². The molecule has 0 atom stereocenters. The van der Waals surface area contributed by atoms with E-state index < -0.39 is 22.3 Å². The highest BCUT2D eigenvalue weighted by Crippen LogP contribution is 2.22. The lowest BCUT2D eigenvalue weighted by atomic mass is 10.1. The number of hydrogen-bond acceptors (Lipinski definition) is 5. The molecule has 0 saturated carbocycles. The molecular weight excluding hydrogens is 297 g/mol. The Morgan fingerprint density at radius 1 is 1.48 bits per heavy atom. The second kappa shape index (κ2) is 6.45. The Balaban J connectivity index is 2.09. The number of nitro benzene ring substituents is 1. The van der Waals surface area contributed by atoms with Crippen molar-refractivity contribution in [3.05, 3.63) is 61.6 Å². The normalized spacial score (nSPS) is 10.4. The van der Waals surface area contributed by atoms with Crippen molar-refractivity contribution in [2.24, 2.45) is 0 Å². The van der Waals surface area contributed by atoms with Crippen LogP contribution >= 0.6 is 11.3 Å². The molecule has 0 aliphatic carbocycles. The third-order valence-corrected chi connectivity index (χ3v) is 3.77. The third kappa shape index (κ3) is 3.63. The molecule has 0 radical (unpaired) electrons. The molecule has 5 nitrogen and oxygen atoms in total. The van der Waals surface area contributed by atoms with Crippen molar-refractivity contribution in [1.82, 2.24) is 0 Å². The van der Waals surface area contributed by atoms with E-state index in [0.29, 0.717) is 6.42 Å². The Morgan fingerprint density at radius 2 is 2.24 bits per heavy atom. The second-order valence-corrected chi connectivity index (χ2v) is 5.38. The van der Waals surface area contributed by atoms with Crippen LogP contribution < -0.4 is 0 Å². The van der Waals surface area contributed by atoms with Crippen LogP contribution in [0.3, 0.4) is 0 Å². The van der Waals surface area contributed by atoms with E-state index in [1.807, 2.05) is 17.5 Å². The van der Waals surface area contributed by atoms with E-state index in [1.165, 1.54) is 18.3 Å². The van der Waals surface area contributed by atoms with Crippen molar-refractivity contribution in [2.75, 3.05) is 6.61 Å². The molecule has 0 aliphatic rings. The highest BCUT2D eigenvalue weighted by Gasteiger charge is 2.20. The fraction of sp³-hybridized carbons (Fsp3) is 0.214. The van der Waals surface area contributed by atoms with Gasteiger partial charge < -0.3 is 4.74 Å². The fourth-order valence-electron chi connectivity index (χ4n) is 1.78. The molecule has 2 aromatic rings. The summed E-state index contributed by atoms with van der Waals surface area (Å²) < 4.78 is 18.9. The molecule has 0 amide bonds. The molecule has 0 N–H and O–H groups in total. The molecule has 1 heterocycles. The lowest BCUT2D eigenvalue weighted by molar-refractivity contribution is -0.385. The van der Waals surface area contributed by atoms with Gasteiger partial charge in [-0.15, -0.1) is 11.3 Å². The van der Waals surface area contributed by atoms with Crippen LogP contribution in [-0.2, 0) is 11.2 Å². The van der Waals surface area contributed by atoms with E-state index in [2.05, 4.69) is 0 Å². The smallest absolute Gasteiger partial charge is 0.341 e. The highest BCUT2D eigenvalue weighted by molar-refractivity contribution is 7.09. The van der Waals surface area contributed by atoms with Crippen LogP contribution in [0.25, 0.3) is 0 Å². The van der Waals surface area contributed by atoms with Gasteiger partial charge in [0.05, 0.1) is 11.5 Å². The standard InChI is InChI=1S/C14H12FNO4S/c1-9-7-10(16(18)19)8-12(13(9)15)14(17)20-5-4-11-3-2-6-21-11/h2-3,6-8H,4-5H2,1H3. The van der Waals surface area contributed by atoms with Crippen molar-refractivity contribution < 1.29 is 18.8 Å². The van der Waals surface area contributed by atoms with Gasteiger partial charge >= 0.3 is 5.97 Å². The monoisotopic (exact) mass is 309 g/mol. The molecule has 0 unspecified atom stereocenters. The number of hydrogen-bond donors (Lipinski definition) is 0. The average Bonchev–Trinajstić information content (AvgIpc) is 2.94. The van der Waals surface area contributed by atoms with Gasteiger partial charge in [0.2, 0.25) is 0 Å². The number of carbonyl (C=O) groups is 1. The number of nitrogens with zero attached hydrogens (tertiary/aromatic N) is 1. The Labute approximate surface area is 124 Å². The summed E-state index contributed by atoms with van der Waals surface area (Å²) in [5.74, 6) is -1.68. The zero-order chi connectivity index (χ0) is 15.4. The van der Waals surface area contributed by atoms with Crippen LogP contribution in [0.4, 0.5) is 10.1 Å². The summed E-state index contributed by atoms with van der Waals surface area (Å²) in [6, 6.07) is 5.76. The Morgan fingerprint density at radius 3 is 2.86 bits per heavy atom. The average molecular weight is 309 g/mol. The molecule has 0 bridgehead atoms. The minimum atomic E-state index is -0.893. The lowest BCUT2D eigenvalue weighted by Gasteiger charge is -2.06. The zero-order valence-electron chi connectivity index (χ0n) is 11.2. The zero-order valence-corrected chi connectivity index (χ0v) is 12.0. The van der Waals surface area contributed by atoms with Crippen molar-refractivity contribution >= 4 is 23.0 Å². The van der Waals surface area contributed by atoms with Crippen molar-refractivity contribution in [3.8, 4) is 0 Å². The van der Waals surface area contributed by atoms with Gasteiger partial charge in [0.1, 0.15) is 11.4 Å². The Hall–Kier alpha value is -2.28. The minimum absolute atomic E-state index is 0.0365. The Bertz CT molecular complexity index is 670. The van der Waals surface area contributed by atoms with E-state index >= 15 is 0 Å². The number of thiophene rings is 1. The summed E-state index contributed by atoms with van der Waals surface area (Å²) in [6.07, 6.45) is 0.527. The molecule has 0 aliphatic heterocycles. The van der Waals surface area contributed by atoms with Crippen LogP contribution in [0.2, 0.25) is 0 Å². The summed E-state index contributed by atoms with van der Waals surface area (Å²) in [4.78, 5) is 22.9. The van der Waals surface area contributed by atoms with Crippen LogP contribution in [0.15, 0.2) is 29.6 Å². The SMILES string of the molecule is Cc1cc([N+](=O)[O-])cc(C(=O)OCCc2cccs2)c1F. The number of esters is 1. The highest BCUT2D eigenvalue weighted by atomic mass is 32.1. The van der Waals surface area contributed by atoms with Gasteiger partial charge in [0, 0.05) is 23.4 Å². The van der Waals surface area contributed by atoms with Gasteiger partial charge in [-0.2, -0.15) is 0 Å². The van der Waals surface area contributed by atoms with Gasteiger partial charge in [-0.05, 0) is 23.9 Å². The van der Waals surface area contributed by atoms with Crippen molar-refractivity contribution in [1.29, 1.82) is 0 Å². The van der Waals surface area contributed by atoms with Gasteiger partial charge in [-0.25, -0.2) is 9.18 Å². The maximum atomic E-state index is 13.9. The van der Waals surface area contributed by atoms with Gasteiger partial charge in [-0.1, -0.05) is 6.07 Å². The van der Waals surface area contributed by atoms with Crippen molar-refractivity contribution in [2.45, 2.75) is 13.3 Å². The first kappa shape index (κ1) is 15.1. The maximum absolute atomic E-state index is 13.9. The quantitative estimate of drug-likeness (QED) is 0.481. The fourth-order valence-corrected chi connectivity index (χ4v) is 2.47. The Kier molecular flexibility index (Phi) is 4.64. The van der Waals surface area contributed by atoms with Crippen LogP contribution in [-0.4, -0.2) is 17.5 Å². The summed E-state index contributed by atoms with van der Waals surface area (Å²) in [6.45, 7) is 1.46. The summed E-state index contributed by atoms with van der Waals surface area (Å²) in [5.41, 5.74) is -0.707. The van der Waals surface area contributed by atoms with E-state index in [0.717, 1.165) is 17.0 Å². The first-order chi connectivity index (χ1) is 9.99. The molecule has 2 rings (SSSR count). The number of ether oxygens (including phenoxy) is 1. The van der Waals surface area contributed by atoms with E-state index in [1.54, 1.807) is 0 Å². The number of nitro groups is 1. The minimum Gasteiger partial charge on any atom is -0.462 e. The number of carbonyl (C=O) groups excluding carboxylic acids is 1. The lowest BCUT2D eigenvalue weighted by Crippen LogP contribution is -2.11. The predicted molar refractivity (Wildman–Crippen MR) is 76.1 cm³/mol. The van der Waals surface area contributed by atoms with Gasteiger partial charge in [0.15, 0.2) is 0 Å². The van der Waals surface area contributed by atoms with E-state index in [-0.39, 0.29) is 17.9 Å². The van der Waals surface area contributed by atoms with Gasteiger partial charge in [0.25, 0.3) is 5.69 Å². The molecule has 1 aromatic carbocycles. The molecule has 0 spiro atoms. The molecule has 0 saturated heterocycles. The molecule has 21 heavy (non-hydrogen) atoms. The van der Waals surface area contributed by atoms with Crippen LogP contribution in [0, 0.1) is 22.9 Å². The maximum Gasteiger partial charge on any atom is 0.341 e. The summed E-state index contributed by atoms with van der Waals surface area (Å²) in [7, 11) is 0.